The van der Waals surface area contributed by atoms with Gasteiger partial charge in [-0.2, -0.15) is 0 Å². The van der Waals surface area contributed by atoms with Gasteiger partial charge in [0, 0.05) is 5.92 Å². The first-order valence-electron chi connectivity index (χ1n) is 5.98. The van der Waals surface area contributed by atoms with Crippen molar-refractivity contribution in [2.24, 2.45) is 5.92 Å². The lowest BCUT2D eigenvalue weighted by Crippen LogP contribution is -2.25. The Kier molecular flexibility index (Phi) is 3.39. The maximum Gasteiger partial charge on any atom is 0.161 e. The molecule has 1 aromatic carbocycles. The van der Waals surface area contributed by atoms with Crippen molar-refractivity contribution in [1.82, 2.24) is 0 Å². The SMILES string of the molecule is CCc1ccc2c(c1)CC(C(=O)CO)CC2. The molecule has 0 radical (unpaired) electrons. The summed E-state index contributed by atoms with van der Waals surface area (Å²) < 4.78 is 0. The van der Waals surface area contributed by atoms with Gasteiger partial charge in [0.15, 0.2) is 5.78 Å². The van der Waals surface area contributed by atoms with Crippen LogP contribution in [0.3, 0.4) is 0 Å². The highest BCUT2D eigenvalue weighted by Gasteiger charge is 2.23. The fourth-order valence-corrected chi connectivity index (χ4v) is 2.43. The number of benzene rings is 1. The number of rotatable bonds is 3. The molecule has 2 heteroatoms. The number of hydrogen-bond donors (Lipinski definition) is 1. The predicted molar refractivity (Wildman–Crippen MR) is 63.4 cm³/mol. The summed E-state index contributed by atoms with van der Waals surface area (Å²) in [4.78, 5) is 11.5. The van der Waals surface area contributed by atoms with E-state index in [2.05, 4.69) is 25.1 Å². The Labute approximate surface area is 96.3 Å². The van der Waals surface area contributed by atoms with Gasteiger partial charge in [0.2, 0.25) is 0 Å². The van der Waals surface area contributed by atoms with Gasteiger partial charge in [-0.1, -0.05) is 25.1 Å². The lowest BCUT2D eigenvalue weighted by molar-refractivity contribution is -0.125. The molecule has 0 bridgehead atoms. The van der Waals surface area contributed by atoms with Gasteiger partial charge in [0.25, 0.3) is 0 Å². The van der Waals surface area contributed by atoms with Crippen LogP contribution >= 0.6 is 0 Å². The Morgan fingerprint density at radius 1 is 1.44 bits per heavy atom. The fraction of sp³-hybridized carbons (Fsp3) is 0.500. The molecule has 1 aliphatic carbocycles. The van der Waals surface area contributed by atoms with Crippen LogP contribution in [0.4, 0.5) is 0 Å². The summed E-state index contributed by atoms with van der Waals surface area (Å²) in [6, 6.07) is 6.58. The van der Waals surface area contributed by atoms with Gasteiger partial charge in [-0.15, -0.1) is 0 Å². The second-order valence-electron chi connectivity index (χ2n) is 4.52. The standard InChI is InChI=1S/C14H18O2/c1-2-10-3-4-11-5-6-12(14(16)9-15)8-13(11)7-10/h3-4,7,12,15H,2,5-6,8-9H2,1H3. The van der Waals surface area contributed by atoms with Crippen molar-refractivity contribution in [1.29, 1.82) is 0 Å². The number of hydrogen-bond acceptors (Lipinski definition) is 2. The maximum atomic E-state index is 11.5. The summed E-state index contributed by atoms with van der Waals surface area (Å²) in [5.74, 6) is 0.0251. The van der Waals surface area contributed by atoms with Crippen molar-refractivity contribution in [3.05, 3.63) is 34.9 Å². The number of ketones is 1. The molecule has 1 aromatic rings. The molecular weight excluding hydrogens is 200 g/mol. The molecule has 0 aromatic heterocycles. The minimum Gasteiger partial charge on any atom is -0.389 e. The van der Waals surface area contributed by atoms with Crippen LogP contribution in [0.2, 0.25) is 0 Å². The summed E-state index contributed by atoms with van der Waals surface area (Å²) in [7, 11) is 0. The quantitative estimate of drug-likeness (QED) is 0.841. The van der Waals surface area contributed by atoms with E-state index in [1.165, 1.54) is 16.7 Å². The van der Waals surface area contributed by atoms with Crippen molar-refractivity contribution in [3.63, 3.8) is 0 Å². The number of carbonyl (C=O) groups excluding carboxylic acids is 1. The van der Waals surface area contributed by atoms with E-state index in [4.69, 9.17) is 5.11 Å². The van der Waals surface area contributed by atoms with Crippen molar-refractivity contribution in [3.8, 4) is 0 Å². The normalized spacial score (nSPS) is 19.2. The molecule has 2 rings (SSSR count). The molecule has 2 nitrogen and oxygen atoms in total. The van der Waals surface area contributed by atoms with Crippen LogP contribution in [0, 0.1) is 5.92 Å². The van der Waals surface area contributed by atoms with Gasteiger partial charge >= 0.3 is 0 Å². The van der Waals surface area contributed by atoms with Gasteiger partial charge in [0.05, 0.1) is 0 Å². The molecule has 1 N–H and O–H groups in total. The third-order valence-corrected chi connectivity index (χ3v) is 3.52. The van der Waals surface area contributed by atoms with E-state index in [0.717, 1.165) is 25.7 Å². The molecule has 0 aliphatic heterocycles. The summed E-state index contributed by atoms with van der Waals surface area (Å²) in [6.07, 6.45) is 3.70. The van der Waals surface area contributed by atoms with Crippen LogP contribution in [0.1, 0.15) is 30.0 Å². The van der Waals surface area contributed by atoms with E-state index in [1.54, 1.807) is 0 Å². The zero-order valence-electron chi connectivity index (χ0n) is 9.70. The van der Waals surface area contributed by atoms with Crippen LogP contribution < -0.4 is 0 Å². The minimum atomic E-state index is -0.312. The Hall–Kier alpha value is -1.15. The topological polar surface area (TPSA) is 37.3 Å². The number of carbonyl (C=O) groups is 1. The molecule has 0 saturated carbocycles. The van der Waals surface area contributed by atoms with Crippen LogP contribution in [0.5, 0.6) is 0 Å². The second kappa shape index (κ2) is 4.79. The second-order valence-corrected chi connectivity index (χ2v) is 4.52. The molecular formula is C14H18O2. The van der Waals surface area contributed by atoms with Crippen LogP contribution in [-0.4, -0.2) is 17.5 Å². The number of aryl methyl sites for hydroxylation is 2. The molecule has 86 valence electrons. The van der Waals surface area contributed by atoms with Gasteiger partial charge in [-0.25, -0.2) is 0 Å². The first kappa shape index (κ1) is 11.3. The zero-order chi connectivity index (χ0) is 11.5. The van der Waals surface area contributed by atoms with Crippen molar-refractivity contribution >= 4 is 5.78 Å². The molecule has 0 heterocycles. The summed E-state index contributed by atoms with van der Waals surface area (Å²) in [5.41, 5.74) is 4.01. The molecule has 16 heavy (non-hydrogen) atoms. The first-order chi connectivity index (χ1) is 7.74. The molecule has 0 fully saturated rings. The van der Waals surface area contributed by atoms with E-state index < -0.39 is 0 Å². The van der Waals surface area contributed by atoms with Crippen LogP contribution in [-0.2, 0) is 24.1 Å². The Bertz CT molecular complexity index is 396. The third kappa shape index (κ3) is 2.17. The Morgan fingerprint density at radius 2 is 2.25 bits per heavy atom. The molecule has 1 unspecified atom stereocenters. The van der Waals surface area contributed by atoms with Gasteiger partial charge < -0.3 is 5.11 Å². The van der Waals surface area contributed by atoms with Crippen molar-refractivity contribution in [2.75, 3.05) is 6.61 Å². The van der Waals surface area contributed by atoms with Crippen molar-refractivity contribution in [2.45, 2.75) is 32.6 Å². The summed E-state index contributed by atoms with van der Waals surface area (Å²) in [6.45, 7) is 1.83. The van der Waals surface area contributed by atoms with Crippen molar-refractivity contribution < 1.29 is 9.90 Å². The lowest BCUT2D eigenvalue weighted by atomic mass is 9.81. The van der Waals surface area contributed by atoms with Gasteiger partial charge in [-0.05, 0) is 42.4 Å². The summed E-state index contributed by atoms with van der Waals surface area (Å²) in [5, 5.41) is 8.89. The predicted octanol–water partition coefficient (Wildman–Crippen LogP) is 1.92. The molecule has 1 aliphatic rings. The number of fused-ring (bicyclic) bond motifs is 1. The van der Waals surface area contributed by atoms with E-state index in [1.807, 2.05) is 0 Å². The summed E-state index contributed by atoms with van der Waals surface area (Å²) >= 11 is 0. The van der Waals surface area contributed by atoms with E-state index in [0.29, 0.717) is 0 Å². The number of aliphatic hydroxyl groups excluding tert-OH is 1. The van der Waals surface area contributed by atoms with Gasteiger partial charge in [0.1, 0.15) is 6.61 Å². The number of aliphatic hydroxyl groups is 1. The number of Topliss-reactive ketones (excluding diaryl/α,β-unsaturated/α-hetero) is 1. The highest BCUT2D eigenvalue weighted by atomic mass is 16.3. The lowest BCUT2D eigenvalue weighted by Gasteiger charge is -2.23. The van der Waals surface area contributed by atoms with E-state index >= 15 is 0 Å². The van der Waals surface area contributed by atoms with Crippen LogP contribution in [0.15, 0.2) is 18.2 Å². The molecule has 0 saturated heterocycles. The average molecular weight is 218 g/mol. The van der Waals surface area contributed by atoms with Crippen LogP contribution in [0.25, 0.3) is 0 Å². The third-order valence-electron chi connectivity index (χ3n) is 3.52. The molecule has 1 atom stereocenters. The highest BCUT2D eigenvalue weighted by molar-refractivity contribution is 5.82. The fourth-order valence-electron chi connectivity index (χ4n) is 2.43. The Morgan fingerprint density at radius 3 is 2.94 bits per heavy atom. The molecule has 0 spiro atoms. The average Bonchev–Trinajstić information content (AvgIpc) is 2.36. The smallest absolute Gasteiger partial charge is 0.161 e. The zero-order valence-corrected chi connectivity index (χ0v) is 9.70. The maximum absolute atomic E-state index is 11.5. The van der Waals surface area contributed by atoms with E-state index in [9.17, 15) is 4.79 Å². The largest absolute Gasteiger partial charge is 0.389 e. The molecule has 0 amide bonds. The van der Waals surface area contributed by atoms with E-state index in [-0.39, 0.29) is 18.3 Å². The monoisotopic (exact) mass is 218 g/mol. The first-order valence-corrected chi connectivity index (χ1v) is 5.98. The minimum absolute atomic E-state index is 0.00690. The van der Waals surface area contributed by atoms with Gasteiger partial charge in [-0.3, -0.25) is 4.79 Å². The Balaban J connectivity index is 2.21. The highest BCUT2D eigenvalue weighted by Crippen LogP contribution is 2.27.